The van der Waals surface area contributed by atoms with Crippen molar-refractivity contribution in [2.24, 2.45) is 0 Å². The molecule has 0 aliphatic heterocycles. The summed E-state index contributed by atoms with van der Waals surface area (Å²) < 4.78 is 8.33. The highest BCUT2D eigenvalue weighted by Crippen LogP contribution is 2.32. The van der Waals surface area contributed by atoms with Crippen LogP contribution in [0.5, 0.6) is 11.6 Å². The molecule has 1 atom stereocenters. The Balaban J connectivity index is 2.08. The number of hydrogen-bond acceptors (Lipinski definition) is 4. The van der Waals surface area contributed by atoms with E-state index in [4.69, 9.17) is 9.84 Å². The van der Waals surface area contributed by atoms with Crippen LogP contribution >= 0.6 is 0 Å². The quantitative estimate of drug-likeness (QED) is 0.534. The molecule has 1 heterocycles. The number of benzene rings is 2. The predicted molar refractivity (Wildman–Crippen MR) is 121 cm³/mol. The molecule has 0 spiro atoms. The molecule has 0 bridgehead atoms. The highest BCUT2D eigenvalue weighted by molar-refractivity contribution is 5.44. The van der Waals surface area contributed by atoms with Gasteiger partial charge in [0, 0.05) is 19.1 Å². The van der Waals surface area contributed by atoms with Gasteiger partial charge in [-0.2, -0.15) is 5.10 Å². The van der Waals surface area contributed by atoms with E-state index >= 15 is 0 Å². The molecule has 0 fully saturated rings. The number of aliphatic hydroxyl groups excluding tert-OH is 1. The number of nitrogens with zero attached hydrogens (tertiary/aromatic N) is 3. The number of rotatable bonds is 9. The van der Waals surface area contributed by atoms with Crippen LogP contribution in [0.25, 0.3) is 5.69 Å². The van der Waals surface area contributed by atoms with Crippen LogP contribution in [0.4, 0.5) is 0 Å². The summed E-state index contributed by atoms with van der Waals surface area (Å²) in [6.45, 7) is 11.6. The SMILES string of the molecule is CCc1nn(-c2ccccc2)c(Oc2ccc(C)cc2)c1CN(C[C@H](C)O)C(C)C. The van der Waals surface area contributed by atoms with Gasteiger partial charge in [-0.15, -0.1) is 0 Å². The Morgan fingerprint density at radius 3 is 2.27 bits per heavy atom. The van der Waals surface area contributed by atoms with Gasteiger partial charge in [-0.1, -0.05) is 42.8 Å². The Hall–Kier alpha value is -2.63. The fraction of sp³-hybridized carbons (Fsp3) is 0.400. The van der Waals surface area contributed by atoms with E-state index in [1.807, 2.05) is 66.2 Å². The molecule has 30 heavy (non-hydrogen) atoms. The molecule has 160 valence electrons. The highest BCUT2D eigenvalue weighted by atomic mass is 16.5. The monoisotopic (exact) mass is 407 g/mol. The van der Waals surface area contributed by atoms with Crippen LogP contribution in [0, 0.1) is 6.92 Å². The number of aliphatic hydroxyl groups is 1. The maximum Gasteiger partial charge on any atom is 0.227 e. The van der Waals surface area contributed by atoms with Gasteiger partial charge in [-0.25, -0.2) is 4.68 Å². The topological polar surface area (TPSA) is 50.5 Å². The Labute approximate surface area is 179 Å². The molecule has 0 aliphatic carbocycles. The van der Waals surface area contributed by atoms with Gasteiger partial charge in [-0.05, 0) is 58.4 Å². The first-order chi connectivity index (χ1) is 14.4. The van der Waals surface area contributed by atoms with Crippen molar-refractivity contribution in [3.05, 3.63) is 71.4 Å². The van der Waals surface area contributed by atoms with Crippen molar-refractivity contribution in [3.8, 4) is 17.3 Å². The van der Waals surface area contributed by atoms with Crippen LogP contribution in [0.2, 0.25) is 0 Å². The molecule has 0 amide bonds. The Bertz CT molecular complexity index is 931. The molecule has 0 saturated carbocycles. The lowest BCUT2D eigenvalue weighted by Gasteiger charge is -2.28. The van der Waals surface area contributed by atoms with Gasteiger partial charge in [-0.3, -0.25) is 4.90 Å². The molecular weight excluding hydrogens is 374 g/mol. The third-order valence-electron chi connectivity index (χ3n) is 5.18. The van der Waals surface area contributed by atoms with Gasteiger partial charge in [0.2, 0.25) is 5.88 Å². The maximum absolute atomic E-state index is 10.00. The predicted octanol–water partition coefficient (Wildman–Crippen LogP) is 5.13. The first-order valence-corrected chi connectivity index (χ1v) is 10.7. The molecule has 0 saturated heterocycles. The number of ether oxygens (including phenoxy) is 1. The second kappa shape index (κ2) is 9.92. The van der Waals surface area contributed by atoms with Gasteiger partial charge in [0.25, 0.3) is 0 Å². The van der Waals surface area contributed by atoms with Gasteiger partial charge >= 0.3 is 0 Å². The van der Waals surface area contributed by atoms with Crippen molar-refractivity contribution in [2.45, 2.75) is 59.7 Å². The molecule has 3 aromatic rings. The summed E-state index contributed by atoms with van der Waals surface area (Å²) in [4.78, 5) is 2.26. The van der Waals surface area contributed by atoms with E-state index in [0.29, 0.717) is 13.1 Å². The van der Waals surface area contributed by atoms with Crippen LogP contribution in [0.1, 0.15) is 44.5 Å². The summed E-state index contributed by atoms with van der Waals surface area (Å²) >= 11 is 0. The molecule has 5 nitrogen and oxygen atoms in total. The minimum Gasteiger partial charge on any atom is -0.439 e. The van der Waals surface area contributed by atoms with E-state index in [2.05, 4.69) is 32.6 Å². The fourth-order valence-electron chi connectivity index (χ4n) is 3.49. The summed E-state index contributed by atoms with van der Waals surface area (Å²) in [6.07, 6.45) is 0.406. The molecule has 1 N–H and O–H groups in total. The summed E-state index contributed by atoms with van der Waals surface area (Å²) in [5, 5.41) is 14.9. The number of hydrogen-bond donors (Lipinski definition) is 1. The maximum atomic E-state index is 10.00. The number of aromatic nitrogens is 2. The molecule has 5 heteroatoms. The molecule has 2 aromatic carbocycles. The van der Waals surface area contributed by atoms with Crippen molar-refractivity contribution in [1.82, 2.24) is 14.7 Å². The second-order valence-corrected chi connectivity index (χ2v) is 8.12. The van der Waals surface area contributed by atoms with E-state index in [1.165, 1.54) is 5.56 Å². The number of para-hydroxylation sites is 1. The smallest absolute Gasteiger partial charge is 0.227 e. The Morgan fingerprint density at radius 1 is 1.03 bits per heavy atom. The average Bonchev–Trinajstić information content (AvgIpc) is 3.06. The Morgan fingerprint density at radius 2 is 1.70 bits per heavy atom. The van der Waals surface area contributed by atoms with Gasteiger partial charge in [0.05, 0.1) is 23.0 Å². The van der Waals surface area contributed by atoms with Crippen LogP contribution in [-0.2, 0) is 13.0 Å². The lowest BCUT2D eigenvalue weighted by Crippen LogP contribution is -2.36. The third kappa shape index (κ3) is 5.29. The zero-order valence-corrected chi connectivity index (χ0v) is 18.7. The van der Waals surface area contributed by atoms with Gasteiger partial charge in [0.1, 0.15) is 5.75 Å². The second-order valence-electron chi connectivity index (χ2n) is 8.12. The molecular formula is C25H33N3O2. The van der Waals surface area contributed by atoms with E-state index in [1.54, 1.807) is 0 Å². The van der Waals surface area contributed by atoms with E-state index < -0.39 is 6.10 Å². The average molecular weight is 408 g/mol. The van der Waals surface area contributed by atoms with Crippen molar-refractivity contribution >= 4 is 0 Å². The van der Waals surface area contributed by atoms with Crippen molar-refractivity contribution < 1.29 is 9.84 Å². The van der Waals surface area contributed by atoms with Crippen molar-refractivity contribution in [1.29, 1.82) is 0 Å². The minimum absolute atomic E-state index is 0.289. The van der Waals surface area contributed by atoms with Crippen molar-refractivity contribution in [2.75, 3.05) is 6.54 Å². The summed E-state index contributed by atoms with van der Waals surface area (Å²) in [5.74, 6) is 1.52. The molecule has 0 aliphatic rings. The van der Waals surface area contributed by atoms with Crippen LogP contribution in [-0.4, -0.2) is 38.5 Å². The molecule has 1 aromatic heterocycles. The van der Waals surface area contributed by atoms with Gasteiger partial charge < -0.3 is 9.84 Å². The molecule has 0 unspecified atom stereocenters. The third-order valence-corrected chi connectivity index (χ3v) is 5.18. The van der Waals surface area contributed by atoms with Crippen LogP contribution in [0.3, 0.4) is 0 Å². The zero-order valence-electron chi connectivity index (χ0n) is 18.7. The van der Waals surface area contributed by atoms with E-state index in [-0.39, 0.29) is 6.04 Å². The largest absolute Gasteiger partial charge is 0.439 e. The Kier molecular flexibility index (Phi) is 7.29. The van der Waals surface area contributed by atoms with Crippen molar-refractivity contribution in [3.63, 3.8) is 0 Å². The van der Waals surface area contributed by atoms with Gasteiger partial charge in [0.15, 0.2) is 0 Å². The van der Waals surface area contributed by atoms with Crippen LogP contribution < -0.4 is 4.74 Å². The first-order valence-electron chi connectivity index (χ1n) is 10.7. The molecule has 0 radical (unpaired) electrons. The summed E-state index contributed by atoms with van der Waals surface area (Å²) in [6, 6.07) is 18.4. The first kappa shape index (κ1) is 22.1. The highest BCUT2D eigenvalue weighted by Gasteiger charge is 2.24. The summed E-state index contributed by atoms with van der Waals surface area (Å²) in [7, 11) is 0. The van der Waals surface area contributed by atoms with E-state index in [9.17, 15) is 5.11 Å². The standard InChI is InChI=1S/C25H33N3O2/c1-6-24-23(17-27(18(2)3)16-20(5)29)25(30-22-14-12-19(4)13-15-22)28(26-24)21-10-8-7-9-11-21/h7-15,18,20,29H,6,16-17H2,1-5H3/t20-/m0/s1. The number of aryl methyl sites for hydroxylation is 2. The van der Waals surface area contributed by atoms with Crippen LogP contribution in [0.15, 0.2) is 54.6 Å². The summed E-state index contributed by atoms with van der Waals surface area (Å²) in [5.41, 5.74) is 4.23. The van der Waals surface area contributed by atoms with E-state index in [0.717, 1.165) is 35.0 Å². The molecule has 3 rings (SSSR count). The normalized spacial score (nSPS) is 12.5. The fourth-order valence-corrected chi connectivity index (χ4v) is 3.49. The lowest BCUT2D eigenvalue weighted by molar-refractivity contribution is 0.102. The minimum atomic E-state index is -0.400. The zero-order chi connectivity index (χ0) is 21.7. The lowest BCUT2D eigenvalue weighted by atomic mass is 10.1.